The van der Waals surface area contributed by atoms with E-state index in [1.165, 1.54) is 32.1 Å². The highest BCUT2D eigenvalue weighted by Crippen LogP contribution is 2.17. The number of nitrogens with two attached hydrogens (primary N) is 1. The van der Waals surface area contributed by atoms with Crippen molar-refractivity contribution in [1.82, 2.24) is 5.32 Å². The monoisotopic (exact) mass is 154 g/mol. The number of rotatable bonds is 2. The van der Waals surface area contributed by atoms with Gasteiger partial charge in [-0.3, -0.25) is 0 Å². The lowest BCUT2D eigenvalue weighted by atomic mass is 9.96. The summed E-state index contributed by atoms with van der Waals surface area (Å²) in [5.41, 5.74) is 6.38. The molecule has 0 aromatic carbocycles. The van der Waals surface area contributed by atoms with Crippen molar-refractivity contribution in [3.63, 3.8) is 0 Å². The summed E-state index contributed by atoms with van der Waals surface area (Å²) in [5.74, 6) is 0. The maximum atomic E-state index is 5.51. The molecular weight excluding hydrogens is 136 g/mol. The van der Waals surface area contributed by atoms with Gasteiger partial charge >= 0.3 is 0 Å². The molecule has 1 aliphatic rings. The van der Waals surface area contributed by atoms with Crippen molar-refractivity contribution in [3.8, 4) is 0 Å². The van der Waals surface area contributed by atoms with Gasteiger partial charge in [0.05, 0.1) is 0 Å². The molecule has 1 aliphatic carbocycles. The first-order valence-corrected chi connectivity index (χ1v) is 4.47. The molecule has 1 saturated carbocycles. The largest absolute Gasteiger partial charge is 0.401 e. The Morgan fingerprint density at radius 3 is 2.55 bits per heavy atom. The summed E-state index contributed by atoms with van der Waals surface area (Å²) in [6.07, 6.45) is 8.69. The Morgan fingerprint density at radius 2 is 2.00 bits per heavy atom. The van der Waals surface area contributed by atoms with E-state index in [1.807, 2.05) is 13.1 Å². The SMILES string of the molecule is CC(N)=CNC1CCCCC1. The standard InChI is InChI=1S/C9H18N2/c1-8(10)7-11-9-5-3-2-4-6-9/h7,9,11H,2-6,10H2,1H3. The molecule has 1 rings (SSSR count). The van der Waals surface area contributed by atoms with Crippen LogP contribution in [0.3, 0.4) is 0 Å². The Labute approximate surface area is 68.9 Å². The van der Waals surface area contributed by atoms with Crippen LogP contribution < -0.4 is 11.1 Å². The van der Waals surface area contributed by atoms with E-state index in [2.05, 4.69) is 5.32 Å². The van der Waals surface area contributed by atoms with Crippen molar-refractivity contribution in [3.05, 3.63) is 11.9 Å². The summed E-state index contributed by atoms with van der Waals surface area (Å²) in [4.78, 5) is 0. The molecule has 1 fully saturated rings. The van der Waals surface area contributed by atoms with Crippen LogP contribution in [-0.4, -0.2) is 6.04 Å². The molecule has 0 spiro atoms. The first-order valence-electron chi connectivity index (χ1n) is 4.47. The third-order valence-electron chi connectivity index (χ3n) is 2.15. The van der Waals surface area contributed by atoms with E-state index >= 15 is 0 Å². The van der Waals surface area contributed by atoms with Crippen LogP contribution in [0.15, 0.2) is 11.9 Å². The van der Waals surface area contributed by atoms with Gasteiger partial charge < -0.3 is 11.1 Å². The van der Waals surface area contributed by atoms with Crippen LogP contribution in [-0.2, 0) is 0 Å². The number of nitrogens with one attached hydrogen (secondary N) is 1. The first kappa shape index (κ1) is 8.44. The van der Waals surface area contributed by atoms with Crippen molar-refractivity contribution in [2.45, 2.75) is 45.1 Å². The second-order valence-electron chi connectivity index (χ2n) is 3.39. The minimum Gasteiger partial charge on any atom is -0.401 e. The van der Waals surface area contributed by atoms with Gasteiger partial charge in [0.2, 0.25) is 0 Å². The van der Waals surface area contributed by atoms with Gasteiger partial charge in [0.1, 0.15) is 0 Å². The van der Waals surface area contributed by atoms with Crippen molar-refractivity contribution >= 4 is 0 Å². The fourth-order valence-corrected chi connectivity index (χ4v) is 1.52. The molecule has 11 heavy (non-hydrogen) atoms. The van der Waals surface area contributed by atoms with Crippen LogP contribution in [0.1, 0.15) is 39.0 Å². The number of hydrogen-bond donors (Lipinski definition) is 2. The predicted molar refractivity (Wildman–Crippen MR) is 48.0 cm³/mol. The molecule has 2 heteroatoms. The molecule has 0 saturated heterocycles. The Bertz CT molecular complexity index is 130. The molecule has 0 aliphatic heterocycles. The van der Waals surface area contributed by atoms with E-state index in [9.17, 15) is 0 Å². The maximum Gasteiger partial charge on any atom is 0.0256 e. The van der Waals surface area contributed by atoms with Crippen molar-refractivity contribution in [1.29, 1.82) is 0 Å². The van der Waals surface area contributed by atoms with Gasteiger partial charge in [-0.15, -0.1) is 0 Å². The minimum atomic E-state index is 0.683. The summed E-state index contributed by atoms with van der Waals surface area (Å²) >= 11 is 0. The van der Waals surface area contributed by atoms with Crippen LogP contribution in [0.25, 0.3) is 0 Å². The number of allylic oxidation sites excluding steroid dienone is 1. The molecule has 0 atom stereocenters. The molecule has 0 radical (unpaired) electrons. The molecule has 0 aromatic heterocycles. The third kappa shape index (κ3) is 3.30. The van der Waals surface area contributed by atoms with Crippen molar-refractivity contribution in [2.24, 2.45) is 5.73 Å². The van der Waals surface area contributed by atoms with Crippen LogP contribution >= 0.6 is 0 Å². The second kappa shape index (κ2) is 4.27. The average Bonchev–Trinajstić information content (AvgIpc) is 2.03. The van der Waals surface area contributed by atoms with Gasteiger partial charge in [-0.25, -0.2) is 0 Å². The summed E-state index contributed by atoms with van der Waals surface area (Å²) in [6.45, 7) is 1.91. The molecule has 0 bridgehead atoms. The van der Waals surface area contributed by atoms with Crippen molar-refractivity contribution < 1.29 is 0 Å². The zero-order valence-corrected chi connectivity index (χ0v) is 7.27. The van der Waals surface area contributed by atoms with Crippen molar-refractivity contribution in [2.75, 3.05) is 0 Å². The smallest absolute Gasteiger partial charge is 0.0256 e. The van der Waals surface area contributed by atoms with Gasteiger partial charge in [0, 0.05) is 17.9 Å². The minimum absolute atomic E-state index is 0.683. The lowest BCUT2D eigenvalue weighted by molar-refractivity contribution is 0.403. The highest BCUT2D eigenvalue weighted by Gasteiger charge is 2.10. The van der Waals surface area contributed by atoms with Crippen LogP contribution in [0.4, 0.5) is 0 Å². The van der Waals surface area contributed by atoms with Gasteiger partial charge in [-0.05, 0) is 19.8 Å². The lowest BCUT2D eigenvalue weighted by Crippen LogP contribution is -2.27. The summed E-state index contributed by atoms with van der Waals surface area (Å²) in [5, 5.41) is 3.33. The van der Waals surface area contributed by atoms with Crippen LogP contribution in [0.2, 0.25) is 0 Å². The van der Waals surface area contributed by atoms with Gasteiger partial charge in [-0.2, -0.15) is 0 Å². The Morgan fingerprint density at radius 1 is 1.36 bits per heavy atom. The zero-order valence-electron chi connectivity index (χ0n) is 7.27. The highest BCUT2D eigenvalue weighted by atomic mass is 14.9. The van der Waals surface area contributed by atoms with Gasteiger partial charge in [-0.1, -0.05) is 19.3 Å². The van der Waals surface area contributed by atoms with Gasteiger partial charge in [0.15, 0.2) is 0 Å². The van der Waals surface area contributed by atoms with E-state index in [1.54, 1.807) is 0 Å². The fraction of sp³-hybridized carbons (Fsp3) is 0.778. The molecule has 3 N–H and O–H groups in total. The van der Waals surface area contributed by atoms with E-state index in [-0.39, 0.29) is 0 Å². The first-order chi connectivity index (χ1) is 5.29. The normalized spacial score (nSPS) is 21.7. The number of hydrogen-bond acceptors (Lipinski definition) is 2. The summed E-state index contributed by atoms with van der Waals surface area (Å²) in [7, 11) is 0. The van der Waals surface area contributed by atoms with Crippen LogP contribution in [0, 0.1) is 0 Å². The lowest BCUT2D eigenvalue weighted by Gasteiger charge is -2.21. The molecule has 0 heterocycles. The highest BCUT2D eigenvalue weighted by molar-refractivity contribution is 4.91. The molecule has 0 aromatic rings. The molecule has 0 amide bonds. The fourth-order valence-electron chi connectivity index (χ4n) is 1.52. The Kier molecular flexibility index (Phi) is 3.27. The van der Waals surface area contributed by atoms with Crippen LogP contribution in [0.5, 0.6) is 0 Å². The maximum absolute atomic E-state index is 5.51. The van der Waals surface area contributed by atoms with E-state index in [0.29, 0.717) is 6.04 Å². The molecule has 0 unspecified atom stereocenters. The Balaban J connectivity index is 2.19. The Hall–Kier alpha value is -0.660. The van der Waals surface area contributed by atoms with E-state index in [4.69, 9.17) is 5.73 Å². The average molecular weight is 154 g/mol. The predicted octanol–water partition coefficient (Wildman–Crippen LogP) is 1.73. The second-order valence-corrected chi connectivity index (χ2v) is 3.39. The van der Waals surface area contributed by atoms with E-state index < -0.39 is 0 Å². The quantitative estimate of drug-likeness (QED) is 0.635. The molecule has 64 valence electrons. The topological polar surface area (TPSA) is 38.0 Å². The molecular formula is C9H18N2. The van der Waals surface area contributed by atoms with E-state index in [0.717, 1.165) is 5.70 Å². The zero-order chi connectivity index (χ0) is 8.10. The van der Waals surface area contributed by atoms with Gasteiger partial charge in [0.25, 0.3) is 0 Å². The summed E-state index contributed by atoms with van der Waals surface area (Å²) < 4.78 is 0. The molecule has 2 nitrogen and oxygen atoms in total. The third-order valence-corrected chi connectivity index (χ3v) is 2.15. The summed E-state index contributed by atoms with van der Waals surface area (Å²) in [6, 6.07) is 0.683.